The molecule has 0 aliphatic carbocycles. The minimum atomic E-state index is -0.447. The van der Waals surface area contributed by atoms with E-state index in [1.54, 1.807) is 13.1 Å². The number of benzene rings is 1. The smallest absolute Gasteiger partial charge is 0.312 e. The molecule has 2 aromatic rings. The molecule has 0 saturated carbocycles. The molecule has 0 atom stereocenters. The number of pyridine rings is 1. The van der Waals surface area contributed by atoms with Gasteiger partial charge in [-0.3, -0.25) is 10.1 Å². The number of nitro benzene ring substituents is 1. The molecule has 0 radical (unpaired) electrons. The molecular formula is C14H13BrN2O3. The van der Waals surface area contributed by atoms with Gasteiger partial charge in [0.05, 0.1) is 9.40 Å². The highest BCUT2D eigenvalue weighted by atomic mass is 79.9. The number of halogens is 1. The Balaban J connectivity index is 2.50. The molecule has 2 rings (SSSR count). The van der Waals surface area contributed by atoms with Crippen LogP contribution in [0.1, 0.15) is 16.7 Å². The first-order valence-electron chi connectivity index (χ1n) is 5.94. The lowest BCUT2D eigenvalue weighted by molar-refractivity contribution is -0.385. The zero-order valence-corrected chi connectivity index (χ0v) is 12.9. The summed E-state index contributed by atoms with van der Waals surface area (Å²) in [5.41, 5.74) is 2.43. The van der Waals surface area contributed by atoms with Crippen molar-refractivity contribution in [3.05, 3.63) is 55.7 Å². The van der Waals surface area contributed by atoms with Crippen LogP contribution in [0.5, 0.6) is 11.6 Å². The first-order chi connectivity index (χ1) is 9.38. The number of nitrogens with zero attached hydrogens (tertiary/aromatic N) is 2. The third kappa shape index (κ3) is 2.96. The minimum Gasteiger partial charge on any atom is -0.430 e. The highest BCUT2D eigenvalue weighted by molar-refractivity contribution is 9.10. The number of hydrogen-bond acceptors (Lipinski definition) is 4. The minimum absolute atomic E-state index is 0.0585. The monoisotopic (exact) mass is 336 g/mol. The van der Waals surface area contributed by atoms with E-state index in [1.165, 1.54) is 6.07 Å². The molecule has 5 nitrogen and oxygen atoms in total. The van der Waals surface area contributed by atoms with E-state index in [2.05, 4.69) is 20.9 Å². The van der Waals surface area contributed by atoms with Gasteiger partial charge in [-0.1, -0.05) is 6.07 Å². The van der Waals surface area contributed by atoms with Crippen molar-refractivity contribution in [2.24, 2.45) is 0 Å². The Kier molecular flexibility index (Phi) is 4.04. The molecule has 0 aliphatic rings. The first-order valence-corrected chi connectivity index (χ1v) is 6.73. The number of ether oxygens (including phenoxy) is 1. The van der Waals surface area contributed by atoms with Crippen molar-refractivity contribution in [2.45, 2.75) is 20.8 Å². The van der Waals surface area contributed by atoms with Gasteiger partial charge in [-0.15, -0.1) is 0 Å². The maximum Gasteiger partial charge on any atom is 0.312 e. The number of nitro groups is 1. The van der Waals surface area contributed by atoms with E-state index in [0.29, 0.717) is 15.9 Å². The van der Waals surface area contributed by atoms with Gasteiger partial charge in [0.2, 0.25) is 11.6 Å². The van der Waals surface area contributed by atoms with Crippen LogP contribution in [-0.2, 0) is 0 Å². The molecule has 20 heavy (non-hydrogen) atoms. The molecule has 0 bridgehead atoms. The van der Waals surface area contributed by atoms with Crippen LogP contribution in [0.3, 0.4) is 0 Å². The van der Waals surface area contributed by atoms with E-state index in [9.17, 15) is 10.1 Å². The summed E-state index contributed by atoms with van der Waals surface area (Å²) < 4.78 is 6.30. The lowest BCUT2D eigenvalue weighted by atomic mass is 10.1. The van der Waals surface area contributed by atoms with E-state index < -0.39 is 4.92 Å². The van der Waals surface area contributed by atoms with Gasteiger partial charge in [0, 0.05) is 12.3 Å². The summed E-state index contributed by atoms with van der Waals surface area (Å²) in [6.45, 7) is 5.49. The summed E-state index contributed by atoms with van der Waals surface area (Å²) >= 11 is 3.35. The maximum absolute atomic E-state index is 11.1. The average molecular weight is 337 g/mol. The molecule has 0 saturated heterocycles. The molecule has 1 heterocycles. The van der Waals surface area contributed by atoms with Crippen molar-refractivity contribution in [1.82, 2.24) is 4.98 Å². The second-order valence-corrected chi connectivity index (χ2v) is 5.44. The molecule has 0 amide bonds. The summed E-state index contributed by atoms with van der Waals surface area (Å²) in [5, 5.41) is 11.1. The quantitative estimate of drug-likeness (QED) is 0.612. The topological polar surface area (TPSA) is 65.3 Å². The molecule has 1 aromatic heterocycles. The lowest BCUT2D eigenvalue weighted by Crippen LogP contribution is -1.98. The van der Waals surface area contributed by atoms with E-state index >= 15 is 0 Å². The predicted molar refractivity (Wildman–Crippen MR) is 79.3 cm³/mol. The molecular weight excluding hydrogens is 324 g/mol. The fourth-order valence-electron chi connectivity index (χ4n) is 1.89. The third-order valence-electron chi connectivity index (χ3n) is 2.74. The molecule has 0 unspecified atom stereocenters. The average Bonchev–Trinajstić information content (AvgIpc) is 2.34. The van der Waals surface area contributed by atoms with Gasteiger partial charge in [0.25, 0.3) is 0 Å². The van der Waals surface area contributed by atoms with E-state index in [0.717, 1.165) is 11.1 Å². The Labute approximate surface area is 124 Å². The number of rotatable bonds is 3. The highest BCUT2D eigenvalue weighted by Crippen LogP contribution is 2.37. The molecule has 1 aromatic carbocycles. The van der Waals surface area contributed by atoms with Crippen LogP contribution in [0.4, 0.5) is 5.69 Å². The zero-order chi connectivity index (χ0) is 14.9. The predicted octanol–water partition coefficient (Wildman–Crippen LogP) is 4.47. The Morgan fingerprint density at radius 1 is 1.20 bits per heavy atom. The normalized spacial score (nSPS) is 10.4. The van der Waals surface area contributed by atoms with Crippen LogP contribution < -0.4 is 4.74 Å². The third-order valence-corrected chi connectivity index (χ3v) is 3.31. The van der Waals surface area contributed by atoms with Crippen molar-refractivity contribution < 1.29 is 9.66 Å². The summed E-state index contributed by atoms with van der Waals surface area (Å²) in [6, 6.07) is 5.17. The largest absolute Gasteiger partial charge is 0.430 e. The zero-order valence-electron chi connectivity index (χ0n) is 11.3. The molecule has 104 valence electrons. The first kappa shape index (κ1) is 14.5. The lowest BCUT2D eigenvalue weighted by Gasteiger charge is -2.10. The van der Waals surface area contributed by atoms with Gasteiger partial charge in [-0.2, -0.15) is 0 Å². The number of aryl methyl sites for hydroxylation is 3. The van der Waals surface area contributed by atoms with Crippen LogP contribution in [0.25, 0.3) is 0 Å². The Morgan fingerprint density at radius 3 is 2.50 bits per heavy atom. The van der Waals surface area contributed by atoms with Gasteiger partial charge in [-0.05, 0) is 59.5 Å². The van der Waals surface area contributed by atoms with Crippen molar-refractivity contribution >= 4 is 21.6 Å². The molecule has 0 fully saturated rings. The second-order valence-electron chi connectivity index (χ2n) is 4.59. The SMILES string of the molecule is Cc1cnc(Oc2c(C)cc(C)cc2[N+](=O)[O-])c(Br)c1. The van der Waals surface area contributed by atoms with E-state index in [4.69, 9.17) is 4.74 Å². The summed E-state index contributed by atoms with van der Waals surface area (Å²) in [6.07, 6.45) is 1.65. The number of aromatic nitrogens is 1. The van der Waals surface area contributed by atoms with Gasteiger partial charge < -0.3 is 4.74 Å². The fraction of sp³-hybridized carbons (Fsp3) is 0.214. The van der Waals surface area contributed by atoms with Crippen LogP contribution in [0, 0.1) is 30.9 Å². The van der Waals surface area contributed by atoms with Crippen molar-refractivity contribution in [1.29, 1.82) is 0 Å². The van der Waals surface area contributed by atoms with Crippen molar-refractivity contribution in [3.8, 4) is 11.6 Å². The standard InChI is InChI=1S/C14H13BrN2O3/c1-8-4-10(3)13(12(6-8)17(18)19)20-14-11(15)5-9(2)7-16-14/h4-7H,1-3H3. The summed E-state index contributed by atoms with van der Waals surface area (Å²) in [7, 11) is 0. The van der Waals surface area contributed by atoms with Crippen molar-refractivity contribution in [3.63, 3.8) is 0 Å². The van der Waals surface area contributed by atoms with Crippen LogP contribution in [0.15, 0.2) is 28.9 Å². The Bertz CT molecular complexity index is 686. The van der Waals surface area contributed by atoms with Crippen LogP contribution >= 0.6 is 15.9 Å². The molecule has 0 spiro atoms. The van der Waals surface area contributed by atoms with Gasteiger partial charge in [0.1, 0.15) is 0 Å². The van der Waals surface area contributed by atoms with Crippen LogP contribution in [0.2, 0.25) is 0 Å². The highest BCUT2D eigenvalue weighted by Gasteiger charge is 2.20. The van der Waals surface area contributed by atoms with E-state index in [-0.39, 0.29) is 11.4 Å². The Morgan fingerprint density at radius 2 is 1.90 bits per heavy atom. The van der Waals surface area contributed by atoms with Gasteiger partial charge in [0.15, 0.2) is 0 Å². The molecule has 0 aliphatic heterocycles. The van der Waals surface area contributed by atoms with Crippen LogP contribution in [-0.4, -0.2) is 9.91 Å². The maximum atomic E-state index is 11.1. The van der Waals surface area contributed by atoms with Crippen molar-refractivity contribution in [2.75, 3.05) is 0 Å². The molecule has 6 heteroatoms. The van der Waals surface area contributed by atoms with Gasteiger partial charge >= 0.3 is 5.69 Å². The van der Waals surface area contributed by atoms with Gasteiger partial charge in [-0.25, -0.2) is 4.98 Å². The Hall–Kier alpha value is -1.95. The summed E-state index contributed by atoms with van der Waals surface area (Å²) in [5.74, 6) is 0.531. The molecule has 0 N–H and O–H groups in total. The second kappa shape index (κ2) is 5.58. The number of hydrogen-bond donors (Lipinski definition) is 0. The van der Waals surface area contributed by atoms with E-state index in [1.807, 2.05) is 26.0 Å². The fourth-order valence-corrected chi connectivity index (χ4v) is 2.44. The summed E-state index contributed by atoms with van der Waals surface area (Å²) in [4.78, 5) is 14.8.